The zero-order valence-corrected chi connectivity index (χ0v) is 12.9. The van der Waals surface area contributed by atoms with E-state index in [1.165, 1.54) is 5.69 Å². The van der Waals surface area contributed by atoms with Gasteiger partial charge >= 0.3 is 0 Å². The molecular formula is C14H22N6O. The Labute approximate surface area is 124 Å². The van der Waals surface area contributed by atoms with Crippen molar-refractivity contribution in [1.82, 2.24) is 25.0 Å². The maximum absolute atomic E-state index is 4.78. The quantitative estimate of drug-likeness (QED) is 0.837. The van der Waals surface area contributed by atoms with E-state index < -0.39 is 0 Å². The number of hydrogen-bond donors (Lipinski definition) is 0. The minimum atomic E-state index is 0.867. The van der Waals surface area contributed by atoms with Crippen molar-refractivity contribution in [3.05, 3.63) is 23.1 Å². The Hall–Kier alpha value is -1.89. The summed E-state index contributed by atoms with van der Waals surface area (Å²) in [5, 5.41) is 12.3. The summed E-state index contributed by atoms with van der Waals surface area (Å²) in [6.07, 6.45) is 0. The van der Waals surface area contributed by atoms with Crippen LogP contribution >= 0.6 is 0 Å². The summed E-state index contributed by atoms with van der Waals surface area (Å²) in [5.41, 5.74) is 3.19. The van der Waals surface area contributed by atoms with Crippen LogP contribution in [0.5, 0.6) is 0 Å². The van der Waals surface area contributed by atoms with E-state index >= 15 is 0 Å². The predicted octanol–water partition coefficient (Wildman–Crippen LogP) is 1.01. The van der Waals surface area contributed by atoms with Gasteiger partial charge in [0.1, 0.15) is 5.69 Å². The normalized spacial score (nSPS) is 16.6. The van der Waals surface area contributed by atoms with Crippen LogP contribution in [0.25, 0.3) is 0 Å². The molecule has 0 aliphatic carbocycles. The van der Waals surface area contributed by atoms with Gasteiger partial charge in [-0.15, -0.1) is 0 Å². The van der Waals surface area contributed by atoms with E-state index in [0.29, 0.717) is 0 Å². The van der Waals surface area contributed by atoms with Crippen molar-refractivity contribution in [1.29, 1.82) is 0 Å². The summed E-state index contributed by atoms with van der Waals surface area (Å²) in [7, 11) is 0. The van der Waals surface area contributed by atoms with Gasteiger partial charge in [0.15, 0.2) is 5.82 Å². The fourth-order valence-corrected chi connectivity index (χ4v) is 2.83. The van der Waals surface area contributed by atoms with Gasteiger partial charge in [-0.1, -0.05) is 5.16 Å². The van der Waals surface area contributed by atoms with Crippen molar-refractivity contribution in [2.75, 3.05) is 37.6 Å². The van der Waals surface area contributed by atoms with E-state index in [-0.39, 0.29) is 0 Å². The molecule has 1 fully saturated rings. The Morgan fingerprint density at radius 3 is 2.38 bits per heavy atom. The second-order valence-corrected chi connectivity index (χ2v) is 5.65. The topological polar surface area (TPSA) is 63.2 Å². The summed E-state index contributed by atoms with van der Waals surface area (Å²) in [6.45, 7) is 12.1. The number of aryl methyl sites for hydroxylation is 3. The maximum atomic E-state index is 4.78. The van der Waals surface area contributed by atoms with Crippen LogP contribution in [0.1, 0.15) is 17.1 Å². The second-order valence-electron chi connectivity index (χ2n) is 5.65. The molecule has 7 nitrogen and oxygen atoms in total. The van der Waals surface area contributed by atoms with E-state index in [9.17, 15) is 0 Å². The average molecular weight is 290 g/mol. The van der Waals surface area contributed by atoms with Crippen molar-refractivity contribution in [3.8, 4) is 0 Å². The molecule has 0 N–H and O–H groups in total. The first-order chi connectivity index (χ1) is 10.1. The molecule has 114 valence electrons. The second kappa shape index (κ2) is 5.85. The lowest BCUT2D eigenvalue weighted by Gasteiger charge is -2.34. The summed E-state index contributed by atoms with van der Waals surface area (Å²) in [4.78, 5) is 4.71. The molecule has 3 heterocycles. The zero-order chi connectivity index (χ0) is 14.8. The van der Waals surface area contributed by atoms with Gasteiger partial charge in [0.05, 0.1) is 12.2 Å². The number of anilines is 1. The average Bonchev–Trinajstić information content (AvgIpc) is 3.03. The fourth-order valence-electron chi connectivity index (χ4n) is 2.83. The van der Waals surface area contributed by atoms with Crippen LogP contribution in [0.3, 0.4) is 0 Å². The summed E-state index contributed by atoms with van der Waals surface area (Å²) < 4.78 is 6.87. The van der Waals surface area contributed by atoms with Crippen LogP contribution in [0.15, 0.2) is 10.7 Å². The Bertz CT molecular complexity index is 596. The number of nitrogens with zero attached hydrogens (tertiary/aromatic N) is 6. The lowest BCUT2D eigenvalue weighted by Crippen LogP contribution is -2.47. The largest absolute Gasteiger partial charge is 0.350 e. The molecular weight excluding hydrogens is 268 g/mol. The van der Waals surface area contributed by atoms with E-state index in [0.717, 1.165) is 56.5 Å². The third-order valence-electron chi connectivity index (χ3n) is 4.03. The Kier molecular flexibility index (Phi) is 3.92. The summed E-state index contributed by atoms with van der Waals surface area (Å²) in [5.74, 6) is 0.883. The van der Waals surface area contributed by atoms with Gasteiger partial charge in [0.2, 0.25) is 0 Å². The van der Waals surface area contributed by atoms with Crippen molar-refractivity contribution in [2.24, 2.45) is 0 Å². The highest BCUT2D eigenvalue weighted by molar-refractivity contribution is 5.41. The van der Waals surface area contributed by atoms with Gasteiger partial charge in [-0.2, -0.15) is 5.10 Å². The standard InChI is InChI=1S/C14H22N6O/c1-11-10-12(2)20(15-11)9-6-18-4-7-19(8-5-18)14-13(3)16-21-17-14/h10H,4-9H2,1-3H3. The molecule has 0 bridgehead atoms. The van der Waals surface area contributed by atoms with Crippen molar-refractivity contribution in [2.45, 2.75) is 27.3 Å². The first-order valence-electron chi connectivity index (χ1n) is 7.41. The monoisotopic (exact) mass is 290 g/mol. The first-order valence-corrected chi connectivity index (χ1v) is 7.41. The van der Waals surface area contributed by atoms with E-state index in [2.05, 4.69) is 42.9 Å². The molecule has 0 spiro atoms. The molecule has 0 aromatic carbocycles. The molecule has 0 saturated carbocycles. The minimum Gasteiger partial charge on any atom is -0.350 e. The van der Waals surface area contributed by atoms with E-state index in [1.54, 1.807) is 0 Å². The summed E-state index contributed by atoms with van der Waals surface area (Å²) >= 11 is 0. The highest BCUT2D eigenvalue weighted by Crippen LogP contribution is 2.16. The van der Waals surface area contributed by atoms with Crippen molar-refractivity contribution < 1.29 is 4.63 Å². The molecule has 3 rings (SSSR count). The van der Waals surface area contributed by atoms with Crippen molar-refractivity contribution in [3.63, 3.8) is 0 Å². The lowest BCUT2D eigenvalue weighted by molar-refractivity contribution is 0.241. The van der Waals surface area contributed by atoms with Crippen LogP contribution in [0, 0.1) is 20.8 Å². The minimum absolute atomic E-state index is 0.867. The summed E-state index contributed by atoms with van der Waals surface area (Å²) in [6, 6.07) is 2.12. The molecule has 2 aromatic heterocycles. The first kappa shape index (κ1) is 14.1. The molecule has 2 aromatic rings. The zero-order valence-electron chi connectivity index (χ0n) is 12.9. The van der Waals surface area contributed by atoms with E-state index in [4.69, 9.17) is 4.63 Å². The van der Waals surface area contributed by atoms with Gasteiger partial charge in [-0.25, -0.2) is 4.63 Å². The highest BCUT2D eigenvalue weighted by Gasteiger charge is 2.21. The molecule has 0 amide bonds. The third-order valence-corrected chi connectivity index (χ3v) is 4.03. The molecule has 21 heavy (non-hydrogen) atoms. The smallest absolute Gasteiger partial charge is 0.196 e. The number of piperazine rings is 1. The third kappa shape index (κ3) is 3.07. The highest BCUT2D eigenvalue weighted by atomic mass is 16.6. The van der Waals surface area contributed by atoms with Crippen LogP contribution in [-0.4, -0.2) is 57.7 Å². The van der Waals surface area contributed by atoms with E-state index in [1.807, 2.05) is 13.8 Å². The van der Waals surface area contributed by atoms with Crippen LogP contribution in [0.4, 0.5) is 5.82 Å². The number of hydrogen-bond acceptors (Lipinski definition) is 6. The van der Waals surface area contributed by atoms with Gasteiger partial charge in [0.25, 0.3) is 0 Å². The molecule has 1 aliphatic rings. The van der Waals surface area contributed by atoms with Gasteiger partial charge < -0.3 is 4.90 Å². The van der Waals surface area contributed by atoms with Gasteiger partial charge in [0, 0.05) is 38.4 Å². The molecule has 7 heteroatoms. The molecule has 0 radical (unpaired) electrons. The number of rotatable bonds is 4. The van der Waals surface area contributed by atoms with Crippen LogP contribution < -0.4 is 4.90 Å². The van der Waals surface area contributed by atoms with Crippen LogP contribution in [-0.2, 0) is 6.54 Å². The SMILES string of the molecule is Cc1cc(C)n(CCN2CCN(c3nonc3C)CC2)n1. The Balaban J connectivity index is 1.50. The number of aromatic nitrogens is 4. The molecule has 0 atom stereocenters. The lowest BCUT2D eigenvalue weighted by atomic mass is 10.3. The molecule has 0 unspecified atom stereocenters. The Morgan fingerprint density at radius 2 is 1.81 bits per heavy atom. The Morgan fingerprint density at radius 1 is 1.05 bits per heavy atom. The molecule has 1 saturated heterocycles. The fraction of sp³-hybridized carbons (Fsp3) is 0.643. The van der Waals surface area contributed by atoms with Crippen LogP contribution in [0.2, 0.25) is 0 Å². The van der Waals surface area contributed by atoms with Crippen molar-refractivity contribution >= 4 is 5.82 Å². The van der Waals surface area contributed by atoms with Gasteiger partial charge in [-0.05, 0) is 32.0 Å². The predicted molar refractivity (Wildman–Crippen MR) is 79.4 cm³/mol. The van der Waals surface area contributed by atoms with Gasteiger partial charge in [-0.3, -0.25) is 9.58 Å². The maximum Gasteiger partial charge on any atom is 0.196 e. The molecule has 1 aliphatic heterocycles.